The van der Waals surface area contributed by atoms with Crippen molar-refractivity contribution in [2.45, 2.75) is 32.8 Å². The normalized spacial score (nSPS) is 24.8. The number of hydrogen-bond donors (Lipinski definition) is 1. The lowest BCUT2D eigenvalue weighted by Gasteiger charge is -2.24. The van der Waals surface area contributed by atoms with Gasteiger partial charge in [0, 0.05) is 0 Å². The molecule has 0 radical (unpaired) electrons. The van der Waals surface area contributed by atoms with Crippen LogP contribution in [0, 0.1) is 0 Å². The summed E-state index contributed by atoms with van der Waals surface area (Å²) in [5.41, 5.74) is 1.25. The highest BCUT2D eigenvalue weighted by Gasteiger charge is 2.16. The predicted molar refractivity (Wildman–Crippen MR) is 48.7 cm³/mol. The van der Waals surface area contributed by atoms with Gasteiger partial charge in [-0.1, -0.05) is 12.2 Å². The van der Waals surface area contributed by atoms with E-state index in [4.69, 9.17) is 9.84 Å². The maximum Gasteiger partial charge on any atom is 0.121 e. The fourth-order valence-electron chi connectivity index (χ4n) is 1.41. The molecule has 1 N–H and O–H groups in total. The first-order valence-corrected chi connectivity index (χ1v) is 4.38. The van der Waals surface area contributed by atoms with Crippen LogP contribution in [0.15, 0.2) is 23.5 Å². The van der Waals surface area contributed by atoms with E-state index in [-0.39, 0.29) is 12.7 Å². The molecule has 1 heterocycles. The van der Waals surface area contributed by atoms with Crippen LogP contribution in [0.2, 0.25) is 0 Å². The second kappa shape index (κ2) is 4.31. The van der Waals surface area contributed by atoms with Crippen LogP contribution in [0.4, 0.5) is 0 Å². The highest BCUT2D eigenvalue weighted by Crippen LogP contribution is 2.23. The quantitative estimate of drug-likeness (QED) is 0.683. The van der Waals surface area contributed by atoms with Crippen LogP contribution in [0.3, 0.4) is 0 Å². The molecule has 0 saturated heterocycles. The summed E-state index contributed by atoms with van der Waals surface area (Å²) in [7, 11) is 0. The zero-order chi connectivity index (χ0) is 8.97. The van der Waals surface area contributed by atoms with E-state index >= 15 is 0 Å². The van der Waals surface area contributed by atoms with Crippen LogP contribution in [0.1, 0.15) is 26.7 Å². The Balaban J connectivity index is 2.64. The van der Waals surface area contributed by atoms with Crippen LogP contribution >= 0.6 is 0 Å². The van der Waals surface area contributed by atoms with Crippen molar-refractivity contribution in [1.29, 1.82) is 0 Å². The molecule has 0 spiro atoms. The minimum absolute atomic E-state index is 0.0130. The zero-order valence-electron chi connectivity index (χ0n) is 7.71. The molecule has 0 saturated carbocycles. The van der Waals surface area contributed by atoms with Gasteiger partial charge in [0.05, 0.1) is 12.4 Å². The van der Waals surface area contributed by atoms with Crippen LogP contribution in [-0.4, -0.2) is 17.8 Å². The lowest BCUT2D eigenvalue weighted by Crippen LogP contribution is -2.21. The lowest BCUT2D eigenvalue weighted by molar-refractivity contribution is 0.0424. The van der Waals surface area contributed by atoms with E-state index in [1.807, 2.05) is 19.9 Å². The lowest BCUT2D eigenvalue weighted by atomic mass is 10.0. The Morgan fingerprint density at radius 2 is 2.42 bits per heavy atom. The number of aliphatic hydroxyl groups is 1. The maximum atomic E-state index is 8.86. The van der Waals surface area contributed by atoms with Crippen molar-refractivity contribution in [3.05, 3.63) is 23.5 Å². The standard InChI is InChI=1S/C10H16O2/c1-3-4-9-5-6-10(7-11)12-8(9)2/h3-4,10-11H,5-7H2,1-2H3/b4-3-. The van der Waals surface area contributed by atoms with Gasteiger partial charge in [0.1, 0.15) is 6.10 Å². The summed E-state index contributed by atoms with van der Waals surface area (Å²) < 4.78 is 5.48. The molecule has 2 nitrogen and oxygen atoms in total. The van der Waals surface area contributed by atoms with E-state index in [1.54, 1.807) is 0 Å². The smallest absolute Gasteiger partial charge is 0.121 e. The summed E-state index contributed by atoms with van der Waals surface area (Å²) in [6.45, 7) is 4.08. The molecule has 2 heteroatoms. The first-order chi connectivity index (χ1) is 5.77. The predicted octanol–water partition coefficient (Wildman–Crippen LogP) is 2.01. The molecular formula is C10H16O2. The molecule has 68 valence electrons. The molecule has 1 unspecified atom stereocenters. The maximum absolute atomic E-state index is 8.86. The highest BCUT2D eigenvalue weighted by molar-refractivity contribution is 5.22. The zero-order valence-corrected chi connectivity index (χ0v) is 7.71. The number of aliphatic hydroxyl groups excluding tert-OH is 1. The van der Waals surface area contributed by atoms with Crippen molar-refractivity contribution >= 4 is 0 Å². The molecule has 0 aromatic carbocycles. The van der Waals surface area contributed by atoms with E-state index in [1.165, 1.54) is 5.57 Å². The second-order valence-electron chi connectivity index (χ2n) is 3.04. The highest BCUT2D eigenvalue weighted by atomic mass is 16.5. The number of rotatable bonds is 2. The van der Waals surface area contributed by atoms with Crippen LogP contribution < -0.4 is 0 Å². The summed E-state index contributed by atoms with van der Waals surface area (Å²) in [4.78, 5) is 0. The van der Waals surface area contributed by atoms with Crippen LogP contribution in [0.25, 0.3) is 0 Å². The Bertz CT molecular complexity index is 204. The van der Waals surface area contributed by atoms with Crippen molar-refractivity contribution in [3.8, 4) is 0 Å². The van der Waals surface area contributed by atoms with Crippen molar-refractivity contribution in [2.75, 3.05) is 6.61 Å². The van der Waals surface area contributed by atoms with Crippen molar-refractivity contribution in [3.63, 3.8) is 0 Å². The Morgan fingerprint density at radius 1 is 1.67 bits per heavy atom. The number of allylic oxidation sites excluding steroid dienone is 4. The van der Waals surface area contributed by atoms with Gasteiger partial charge in [-0.25, -0.2) is 0 Å². The summed E-state index contributed by atoms with van der Waals surface area (Å²) in [6.07, 6.45) is 6.04. The van der Waals surface area contributed by atoms with Crippen molar-refractivity contribution in [2.24, 2.45) is 0 Å². The largest absolute Gasteiger partial charge is 0.492 e. The third-order valence-electron chi connectivity index (χ3n) is 2.10. The van der Waals surface area contributed by atoms with Gasteiger partial charge in [-0.05, 0) is 32.3 Å². The van der Waals surface area contributed by atoms with Crippen molar-refractivity contribution in [1.82, 2.24) is 0 Å². The van der Waals surface area contributed by atoms with Gasteiger partial charge in [-0.3, -0.25) is 0 Å². The summed E-state index contributed by atoms with van der Waals surface area (Å²) in [5.74, 6) is 0.957. The van der Waals surface area contributed by atoms with E-state index in [2.05, 4.69) is 6.08 Å². The molecule has 0 aliphatic carbocycles. The van der Waals surface area contributed by atoms with E-state index in [0.29, 0.717) is 0 Å². The third-order valence-corrected chi connectivity index (χ3v) is 2.10. The molecular weight excluding hydrogens is 152 g/mol. The van der Waals surface area contributed by atoms with E-state index < -0.39 is 0 Å². The molecule has 0 fully saturated rings. The van der Waals surface area contributed by atoms with Gasteiger partial charge in [0.25, 0.3) is 0 Å². The molecule has 0 amide bonds. The fourth-order valence-corrected chi connectivity index (χ4v) is 1.41. The molecule has 1 aliphatic rings. The van der Waals surface area contributed by atoms with E-state index in [0.717, 1.165) is 18.6 Å². The summed E-state index contributed by atoms with van der Waals surface area (Å²) in [5, 5.41) is 8.86. The Hall–Kier alpha value is -0.760. The van der Waals surface area contributed by atoms with Gasteiger partial charge in [-0.2, -0.15) is 0 Å². The fraction of sp³-hybridized carbons (Fsp3) is 0.600. The third kappa shape index (κ3) is 2.11. The molecule has 0 aromatic rings. The molecule has 1 aliphatic heterocycles. The Morgan fingerprint density at radius 3 is 2.92 bits per heavy atom. The molecule has 1 rings (SSSR count). The Labute approximate surface area is 73.5 Å². The van der Waals surface area contributed by atoms with Crippen molar-refractivity contribution < 1.29 is 9.84 Å². The average molecular weight is 168 g/mol. The number of hydrogen-bond acceptors (Lipinski definition) is 2. The van der Waals surface area contributed by atoms with Gasteiger partial charge >= 0.3 is 0 Å². The first kappa shape index (κ1) is 9.33. The van der Waals surface area contributed by atoms with E-state index in [9.17, 15) is 0 Å². The molecule has 0 bridgehead atoms. The monoisotopic (exact) mass is 168 g/mol. The second-order valence-corrected chi connectivity index (χ2v) is 3.04. The van der Waals surface area contributed by atoms with Gasteiger partial charge in [0.2, 0.25) is 0 Å². The van der Waals surface area contributed by atoms with Crippen LogP contribution in [0.5, 0.6) is 0 Å². The minimum Gasteiger partial charge on any atom is -0.492 e. The molecule has 1 atom stereocenters. The van der Waals surface area contributed by atoms with Gasteiger partial charge < -0.3 is 9.84 Å². The average Bonchev–Trinajstić information content (AvgIpc) is 2.09. The summed E-state index contributed by atoms with van der Waals surface area (Å²) >= 11 is 0. The number of ether oxygens (including phenoxy) is 1. The molecule has 0 aromatic heterocycles. The minimum atomic E-state index is 0.0130. The topological polar surface area (TPSA) is 29.5 Å². The summed E-state index contributed by atoms with van der Waals surface area (Å²) in [6, 6.07) is 0. The SMILES string of the molecule is C/C=C\C1=C(C)OC(CO)CC1. The van der Waals surface area contributed by atoms with Gasteiger partial charge in [0.15, 0.2) is 0 Å². The molecule has 12 heavy (non-hydrogen) atoms. The van der Waals surface area contributed by atoms with Gasteiger partial charge in [-0.15, -0.1) is 0 Å². The first-order valence-electron chi connectivity index (χ1n) is 4.38. The Kier molecular flexibility index (Phi) is 3.35. The van der Waals surface area contributed by atoms with Crippen LogP contribution in [-0.2, 0) is 4.74 Å².